The summed E-state index contributed by atoms with van der Waals surface area (Å²) in [6.45, 7) is 0. The van der Waals surface area contributed by atoms with Crippen LogP contribution in [0.3, 0.4) is 0 Å². The van der Waals surface area contributed by atoms with E-state index in [2.05, 4.69) is 212 Å². The van der Waals surface area contributed by atoms with Crippen LogP contribution in [-0.2, 0) is 11.8 Å². The molecule has 11 rings (SSSR count). The highest BCUT2D eigenvalue weighted by Crippen LogP contribution is 2.60. The minimum absolute atomic E-state index is 0.481. The van der Waals surface area contributed by atoms with Gasteiger partial charge in [-0.15, -0.1) is 0 Å². The van der Waals surface area contributed by atoms with Gasteiger partial charge in [0.25, 0.3) is 0 Å². The molecule has 0 amide bonds. The number of nitrogens with zero attached hydrogens (tertiary/aromatic N) is 1. The van der Waals surface area contributed by atoms with Gasteiger partial charge in [-0.25, -0.2) is 4.99 Å². The normalized spacial score (nSPS) is 13.2. The highest BCUT2D eigenvalue weighted by Gasteiger charge is 2.48. The molecule has 63 heavy (non-hydrogen) atoms. The zero-order valence-corrected chi connectivity index (χ0v) is 34.8. The van der Waals surface area contributed by atoms with Crippen LogP contribution in [0, 0.1) is 0 Å². The van der Waals surface area contributed by atoms with Gasteiger partial charge >= 0.3 is 0 Å². The second kappa shape index (κ2) is 16.1. The lowest BCUT2D eigenvalue weighted by molar-refractivity contribution is 0.771. The fourth-order valence-corrected chi connectivity index (χ4v) is 10.0. The van der Waals surface area contributed by atoms with Gasteiger partial charge in [0.15, 0.2) is 0 Å². The molecule has 2 N–H and O–H groups in total. The van der Waals surface area contributed by atoms with Gasteiger partial charge in [-0.3, -0.25) is 0 Å². The monoisotopic (exact) mass is 804 g/mol. The molecule has 298 valence electrons. The molecule has 0 radical (unpaired) electrons. The van der Waals surface area contributed by atoms with Crippen molar-refractivity contribution in [3.05, 3.63) is 282 Å². The van der Waals surface area contributed by atoms with Gasteiger partial charge in [0, 0.05) is 11.1 Å². The number of allylic oxidation sites excluding steroid dienone is 1. The Hall–Kier alpha value is -8.07. The Morgan fingerprint density at radius 3 is 1.78 bits per heavy atom. The fourth-order valence-electron chi connectivity index (χ4n) is 10.0. The highest BCUT2D eigenvalue weighted by atomic mass is 14.9. The Balaban J connectivity index is 1.14. The summed E-state index contributed by atoms with van der Waals surface area (Å²) in [5.74, 6) is 0.481. The molecule has 1 aliphatic rings. The SMILES string of the molecule is NC(=N/C(=C\Cc1cccc(-c2ccccc2)c1)c1ccc(-c2cccc3c2C(c2ccccc2)(c2ccccc2)c2ccc4ccccc4c2-3)c2ccccc12)c1ccccc1. The van der Waals surface area contributed by atoms with Crippen molar-refractivity contribution in [3.8, 4) is 33.4 Å². The number of hydrogen-bond donors (Lipinski definition) is 1. The third-order valence-electron chi connectivity index (χ3n) is 12.8. The topological polar surface area (TPSA) is 38.4 Å². The van der Waals surface area contributed by atoms with Crippen LogP contribution in [-0.4, -0.2) is 5.84 Å². The standard InChI is InChI=1S/C61H44N2/c62-60(45-23-7-2-8-24-45)63-57(40-35-42-19-17-25-46(41-42)43-20-5-1-6-21-43)53-38-37-52(50-31-15-16-32-51(50)53)54-33-18-34-55-58-49-30-14-13-22-44(49)36-39-56(58)61(59(54)55,47-26-9-3-10-27-47)48-28-11-4-12-29-48/h1-34,36-41H,35H2,(H2,62,63)/b57-40-. The Kier molecular flexibility index (Phi) is 9.67. The Bertz CT molecular complexity index is 3310. The molecule has 0 aliphatic heterocycles. The quantitative estimate of drug-likeness (QED) is 0.115. The van der Waals surface area contributed by atoms with Gasteiger partial charge in [-0.2, -0.15) is 0 Å². The Morgan fingerprint density at radius 1 is 0.460 bits per heavy atom. The maximum absolute atomic E-state index is 6.86. The van der Waals surface area contributed by atoms with E-state index in [1.165, 1.54) is 72.0 Å². The van der Waals surface area contributed by atoms with E-state index in [0.717, 1.165) is 27.6 Å². The van der Waals surface area contributed by atoms with Gasteiger partial charge in [-0.1, -0.05) is 243 Å². The van der Waals surface area contributed by atoms with Gasteiger partial charge in [0.2, 0.25) is 0 Å². The van der Waals surface area contributed by atoms with Crippen molar-refractivity contribution in [2.75, 3.05) is 0 Å². The molecule has 0 heterocycles. The van der Waals surface area contributed by atoms with Crippen molar-refractivity contribution in [1.82, 2.24) is 0 Å². The lowest BCUT2D eigenvalue weighted by Gasteiger charge is -2.35. The summed E-state index contributed by atoms with van der Waals surface area (Å²) in [7, 11) is 0. The molecular formula is C61H44N2. The minimum atomic E-state index is -0.582. The smallest absolute Gasteiger partial charge is 0.131 e. The molecule has 0 bridgehead atoms. The van der Waals surface area contributed by atoms with Crippen molar-refractivity contribution < 1.29 is 0 Å². The summed E-state index contributed by atoms with van der Waals surface area (Å²) in [5.41, 5.74) is 22.7. The molecule has 0 spiro atoms. The summed E-state index contributed by atoms with van der Waals surface area (Å²) in [6, 6.07) is 85.3. The van der Waals surface area contributed by atoms with Crippen molar-refractivity contribution in [2.24, 2.45) is 10.7 Å². The fraction of sp³-hybridized carbons (Fsp3) is 0.0328. The first-order chi connectivity index (χ1) is 31.2. The largest absolute Gasteiger partial charge is 0.383 e. The molecule has 0 unspecified atom stereocenters. The van der Waals surface area contributed by atoms with Gasteiger partial charge in [0.1, 0.15) is 5.84 Å². The third-order valence-corrected chi connectivity index (χ3v) is 12.8. The van der Waals surface area contributed by atoms with Crippen molar-refractivity contribution in [3.63, 3.8) is 0 Å². The van der Waals surface area contributed by atoms with Crippen LogP contribution < -0.4 is 5.73 Å². The molecular weight excluding hydrogens is 761 g/mol. The molecule has 2 heteroatoms. The summed E-state index contributed by atoms with van der Waals surface area (Å²) >= 11 is 0. The lowest BCUT2D eigenvalue weighted by Crippen LogP contribution is -2.29. The van der Waals surface area contributed by atoms with Crippen LogP contribution >= 0.6 is 0 Å². The lowest BCUT2D eigenvalue weighted by atomic mass is 9.66. The van der Waals surface area contributed by atoms with E-state index in [1.54, 1.807) is 0 Å². The molecule has 0 saturated heterocycles. The first kappa shape index (κ1) is 37.9. The second-order valence-electron chi connectivity index (χ2n) is 16.3. The maximum Gasteiger partial charge on any atom is 0.131 e. The third kappa shape index (κ3) is 6.56. The number of rotatable bonds is 9. The Morgan fingerprint density at radius 2 is 1.05 bits per heavy atom. The van der Waals surface area contributed by atoms with Crippen molar-refractivity contribution in [2.45, 2.75) is 11.8 Å². The Labute approximate surface area is 369 Å². The average molecular weight is 805 g/mol. The van der Waals surface area contributed by atoms with Gasteiger partial charge in [-0.05, 0) is 89.2 Å². The number of aliphatic imine (C=N–C) groups is 1. The molecule has 10 aromatic carbocycles. The van der Waals surface area contributed by atoms with Crippen molar-refractivity contribution in [1.29, 1.82) is 0 Å². The predicted molar refractivity (Wildman–Crippen MR) is 265 cm³/mol. The molecule has 2 nitrogen and oxygen atoms in total. The first-order valence-corrected chi connectivity index (χ1v) is 21.7. The summed E-state index contributed by atoms with van der Waals surface area (Å²) < 4.78 is 0. The molecule has 0 fully saturated rings. The van der Waals surface area contributed by atoms with E-state index in [0.29, 0.717) is 12.3 Å². The minimum Gasteiger partial charge on any atom is -0.383 e. The number of benzene rings is 10. The maximum atomic E-state index is 6.86. The zero-order chi connectivity index (χ0) is 42.2. The van der Waals surface area contributed by atoms with E-state index in [1.807, 2.05) is 30.3 Å². The van der Waals surface area contributed by atoms with Crippen LogP contribution in [0.15, 0.2) is 248 Å². The highest BCUT2D eigenvalue weighted by molar-refractivity contribution is 6.10. The molecule has 10 aromatic rings. The number of nitrogens with two attached hydrogens (primary N) is 1. The molecule has 0 aromatic heterocycles. The van der Waals surface area contributed by atoms with Crippen LogP contribution in [0.5, 0.6) is 0 Å². The summed E-state index contributed by atoms with van der Waals surface area (Å²) in [4.78, 5) is 5.24. The number of amidine groups is 1. The van der Waals surface area contributed by atoms with Crippen LogP contribution in [0.25, 0.3) is 60.6 Å². The van der Waals surface area contributed by atoms with E-state index in [-0.39, 0.29) is 0 Å². The van der Waals surface area contributed by atoms with E-state index < -0.39 is 5.41 Å². The van der Waals surface area contributed by atoms with E-state index in [4.69, 9.17) is 10.7 Å². The first-order valence-electron chi connectivity index (χ1n) is 21.7. The van der Waals surface area contributed by atoms with Gasteiger partial charge < -0.3 is 5.73 Å². The zero-order valence-electron chi connectivity index (χ0n) is 34.8. The van der Waals surface area contributed by atoms with Crippen molar-refractivity contribution >= 4 is 33.1 Å². The summed E-state index contributed by atoms with van der Waals surface area (Å²) in [5, 5.41) is 4.78. The number of fused-ring (bicyclic) bond motifs is 6. The second-order valence-corrected chi connectivity index (χ2v) is 16.3. The van der Waals surface area contributed by atoms with E-state index in [9.17, 15) is 0 Å². The molecule has 1 aliphatic carbocycles. The predicted octanol–water partition coefficient (Wildman–Crippen LogP) is 14.7. The molecule has 0 atom stereocenters. The summed E-state index contributed by atoms with van der Waals surface area (Å²) in [6.07, 6.45) is 2.92. The average Bonchev–Trinajstić information content (AvgIpc) is 3.68. The van der Waals surface area contributed by atoms with E-state index >= 15 is 0 Å². The van der Waals surface area contributed by atoms with Crippen LogP contribution in [0.1, 0.15) is 38.9 Å². The van der Waals surface area contributed by atoms with Gasteiger partial charge in [0.05, 0.1) is 11.1 Å². The number of hydrogen-bond acceptors (Lipinski definition) is 1. The van der Waals surface area contributed by atoms with Crippen LogP contribution in [0.2, 0.25) is 0 Å². The molecule has 0 saturated carbocycles. The van der Waals surface area contributed by atoms with Crippen LogP contribution in [0.4, 0.5) is 0 Å².